The number of rotatable bonds is 3. The molecule has 0 radical (unpaired) electrons. The van der Waals surface area contributed by atoms with Crippen molar-refractivity contribution in [2.24, 2.45) is 5.92 Å². The summed E-state index contributed by atoms with van der Waals surface area (Å²) in [5.41, 5.74) is 0.532. The fraction of sp³-hybridized carbons (Fsp3) is 0.333. The number of fused-ring (bicyclic) bond motifs is 1. The van der Waals surface area contributed by atoms with Crippen molar-refractivity contribution >= 4 is 28.3 Å². The van der Waals surface area contributed by atoms with Gasteiger partial charge < -0.3 is 10.4 Å². The molecule has 0 bridgehead atoms. The maximum atomic E-state index is 12.4. The molecule has 0 unspecified atom stereocenters. The molecule has 4 nitrogen and oxygen atoms in total. The van der Waals surface area contributed by atoms with Gasteiger partial charge in [0.05, 0.1) is 11.3 Å². The number of carboxylic acids is 1. The molecule has 0 saturated heterocycles. The fourth-order valence-corrected chi connectivity index (χ4v) is 3.12. The molecule has 0 heterocycles. The van der Waals surface area contributed by atoms with Gasteiger partial charge in [-0.2, -0.15) is 0 Å². The first-order chi connectivity index (χ1) is 10.6. The molecule has 1 saturated carbocycles. The number of hydrogen-bond acceptors (Lipinski definition) is 2. The monoisotopic (exact) mass is 297 g/mol. The SMILES string of the molecule is O=C(O)c1cc2ccccc2cc1NC(=O)C1CCCCC1. The molecule has 2 N–H and O–H groups in total. The summed E-state index contributed by atoms with van der Waals surface area (Å²) < 4.78 is 0. The molecule has 1 aliphatic carbocycles. The van der Waals surface area contributed by atoms with Crippen LogP contribution in [0.5, 0.6) is 0 Å². The number of carbonyl (C=O) groups is 2. The van der Waals surface area contributed by atoms with Crippen LogP contribution in [0.3, 0.4) is 0 Å². The van der Waals surface area contributed by atoms with E-state index in [1.165, 1.54) is 6.42 Å². The van der Waals surface area contributed by atoms with Crippen LogP contribution in [0.2, 0.25) is 0 Å². The van der Waals surface area contributed by atoms with Gasteiger partial charge in [0.25, 0.3) is 0 Å². The summed E-state index contributed by atoms with van der Waals surface area (Å²) in [6.07, 6.45) is 5.10. The second kappa shape index (κ2) is 6.18. The molecule has 3 rings (SSSR count). The van der Waals surface area contributed by atoms with Crippen molar-refractivity contribution in [1.29, 1.82) is 0 Å². The summed E-state index contributed by atoms with van der Waals surface area (Å²) in [6, 6.07) is 10.9. The molecule has 1 amide bonds. The molecule has 1 fully saturated rings. The van der Waals surface area contributed by atoms with Gasteiger partial charge in [-0.1, -0.05) is 43.5 Å². The Morgan fingerprint density at radius 1 is 1.00 bits per heavy atom. The highest BCUT2D eigenvalue weighted by Crippen LogP contribution is 2.28. The molecule has 4 heteroatoms. The van der Waals surface area contributed by atoms with Crippen molar-refractivity contribution in [3.8, 4) is 0 Å². The Labute approximate surface area is 129 Å². The quantitative estimate of drug-likeness (QED) is 0.898. The third kappa shape index (κ3) is 2.96. The Morgan fingerprint density at radius 2 is 1.64 bits per heavy atom. The predicted octanol–water partition coefficient (Wildman–Crippen LogP) is 4.06. The number of carboxylic acid groups (broad SMARTS) is 1. The second-order valence-corrected chi connectivity index (χ2v) is 5.87. The third-order valence-electron chi connectivity index (χ3n) is 4.35. The highest BCUT2D eigenvalue weighted by molar-refractivity contribution is 6.05. The van der Waals surface area contributed by atoms with Gasteiger partial charge in [-0.15, -0.1) is 0 Å². The van der Waals surface area contributed by atoms with Crippen LogP contribution in [0.25, 0.3) is 10.8 Å². The third-order valence-corrected chi connectivity index (χ3v) is 4.35. The highest BCUT2D eigenvalue weighted by atomic mass is 16.4. The van der Waals surface area contributed by atoms with Crippen molar-refractivity contribution in [1.82, 2.24) is 0 Å². The van der Waals surface area contributed by atoms with E-state index in [2.05, 4.69) is 5.32 Å². The number of hydrogen-bond donors (Lipinski definition) is 2. The van der Waals surface area contributed by atoms with Gasteiger partial charge in [0.15, 0.2) is 0 Å². The topological polar surface area (TPSA) is 66.4 Å². The van der Waals surface area contributed by atoms with Gasteiger partial charge in [-0.25, -0.2) is 4.79 Å². The summed E-state index contributed by atoms with van der Waals surface area (Å²) >= 11 is 0. The summed E-state index contributed by atoms with van der Waals surface area (Å²) in [5.74, 6) is -1.08. The van der Waals surface area contributed by atoms with Gasteiger partial charge >= 0.3 is 5.97 Å². The van der Waals surface area contributed by atoms with E-state index in [1.807, 2.05) is 24.3 Å². The van der Waals surface area contributed by atoms with Crippen LogP contribution < -0.4 is 5.32 Å². The molecule has 22 heavy (non-hydrogen) atoms. The average molecular weight is 297 g/mol. The minimum Gasteiger partial charge on any atom is -0.478 e. The second-order valence-electron chi connectivity index (χ2n) is 5.87. The standard InChI is InChI=1S/C18H19NO3/c20-17(12-6-2-1-3-7-12)19-16-11-14-9-5-4-8-13(14)10-15(16)18(21)22/h4-5,8-12H,1-3,6-7H2,(H,19,20)(H,21,22). The lowest BCUT2D eigenvalue weighted by Crippen LogP contribution is -2.25. The first-order valence-corrected chi connectivity index (χ1v) is 7.72. The fourth-order valence-electron chi connectivity index (χ4n) is 3.12. The summed E-state index contributed by atoms with van der Waals surface area (Å²) in [4.78, 5) is 23.8. The van der Waals surface area contributed by atoms with E-state index in [1.54, 1.807) is 12.1 Å². The molecule has 2 aromatic carbocycles. The van der Waals surface area contributed by atoms with Crippen LogP contribution in [0.1, 0.15) is 42.5 Å². The van der Waals surface area contributed by atoms with Crippen molar-refractivity contribution < 1.29 is 14.7 Å². The molecular weight excluding hydrogens is 278 g/mol. The number of anilines is 1. The van der Waals surface area contributed by atoms with E-state index in [9.17, 15) is 14.7 Å². The molecule has 2 aromatic rings. The molecule has 0 aliphatic heterocycles. The molecule has 0 atom stereocenters. The Bertz CT molecular complexity index is 717. The van der Waals surface area contributed by atoms with E-state index in [0.717, 1.165) is 36.5 Å². The van der Waals surface area contributed by atoms with Gasteiger partial charge in [0.2, 0.25) is 5.91 Å². The summed E-state index contributed by atoms with van der Waals surface area (Å²) in [7, 11) is 0. The Kier molecular flexibility index (Phi) is 4.09. The number of amides is 1. The van der Waals surface area contributed by atoms with Crippen molar-refractivity contribution in [2.45, 2.75) is 32.1 Å². The smallest absolute Gasteiger partial charge is 0.337 e. The molecule has 0 aromatic heterocycles. The van der Waals surface area contributed by atoms with Crippen LogP contribution >= 0.6 is 0 Å². The zero-order valence-electron chi connectivity index (χ0n) is 12.3. The lowest BCUT2D eigenvalue weighted by atomic mass is 9.88. The van der Waals surface area contributed by atoms with Crippen LogP contribution in [0.15, 0.2) is 36.4 Å². The Balaban J connectivity index is 1.92. The van der Waals surface area contributed by atoms with E-state index < -0.39 is 5.97 Å². The zero-order valence-corrected chi connectivity index (χ0v) is 12.3. The van der Waals surface area contributed by atoms with Gasteiger partial charge in [0.1, 0.15) is 0 Å². The van der Waals surface area contributed by atoms with Crippen molar-refractivity contribution in [2.75, 3.05) is 5.32 Å². The number of aromatic carboxylic acids is 1. The number of benzene rings is 2. The Hall–Kier alpha value is -2.36. The van der Waals surface area contributed by atoms with Crippen LogP contribution in [0, 0.1) is 5.92 Å². The van der Waals surface area contributed by atoms with E-state index in [-0.39, 0.29) is 17.4 Å². The molecule has 0 spiro atoms. The average Bonchev–Trinajstić information content (AvgIpc) is 2.54. The van der Waals surface area contributed by atoms with Gasteiger partial charge in [-0.05, 0) is 35.7 Å². The summed E-state index contributed by atoms with van der Waals surface area (Å²) in [6.45, 7) is 0. The van der Waals surface area contributed by atoms with Gasteiger partial charge in [-0.3, -0.25) is 4.79 Å². The van der Waals surface area contributed by atoms with Crippen LogP contribution in [0.4, 0.5) is 5.69 Å². The number of carbonyl (C=O) groups excluding carboxylic acids is 1. The zero-order chi connectivity index (χ0) is 15.5. The van der Waals surface area contributed by atoms with Crippen molar-refractivity contribution in [3.05, 3.63) is 42.0 Å². The maximum absolute atomic E-state index is 12.4. The lowest BCUT2D eigenvalue weighted by Gasteiger charge is -2.21. The maximum Gasteiger partial charge on any atom is 0.337 e. The summed E-state index contributed by atoms with van der Waals surface area (Å²) in [5, 5.41) is 14.0. The predicted molar refractivity (Wildman–Crippen MR) is 86.1 cm³/mol. The first kappa shape index (κ1) is 14.6. The molecule has 114 valence electrons. The molecular formula is C18H19NO3. The first-order valence-electron chi connectivity index (χ1n) is 7.72. The normalized spacial score (nSPS) is 15.6. The van der Waals surface area contributed by atoms with E-state index in [0.29, 0.717) is 5.69 Å². The Morgan fingerprint density at radius 3 is 2.27 bits per heavy atom. The highest BCUT2D eigenvalue weighted by Gasteiger charge is 2.22. The van der Waals surface area contributed by atoms with Gasteiger partial charge in [0, 0.05) is 5.92 Å². The minimum atomic E-state index is -1.02. The van der Waals surface area contributed by atoms with Crippen LogP contribution in [-0.2, 0) is 4.79 Å². The molecule has 1 aliphatic rings. The van der Waals surface area contributed by atoms with E-state index >= 15 is 0 Å². The minimum absolute atomic E-state index is 0.00173. The lowest BCUT2D eigenvalue weighted by molar-refractivity contribution is -0.120. The van der Waals surface area contributed by atoms with Crippen molar-refractivity contribution in [3.63, 3.8) is 0 Å². The van der Waals surface area contributed by atoms with Crippen LogP contribution in [-0.4, -0.2) is 17.0 Å². The van der Waals surface area contributed by atoms with E-state index in [4.69, 9.17) is 0 Å². The largest absolute Gasteiger partial charge is 0.478 e. The number of nitrogens with one attached hydrogen (secondary N) is 1.